The van der Waals surface area contributed by atoms with Gasteiger partial charge >= 0.3 is 12.0 Å². The number of nitrogens with zero attached hydrogens (tertiary/aromatic N) is 2. The first-order valence-corrected chi connectivity index (χ1v) is 7.63. The monoisotopic (exact) mass is 354 g/mol. The molecule has 0 saturated carbocycles. The number of urea groups is 1. The number of nitrogens with one attached hydrogen (secondary N) is 2. The first-order valence-electron chi connectivity index (χ1n) is 7.63. The Morgan fingerprint density at radius 2 is 1.80 bits per heavy atom. The molecule has 0 aromatic carbocycles. The van der Waals surface area contributed by atoms with Crippen molar-refractivity contribution in [3.05, 3.63) is 12.2 Å². The smallest absolute Gasteiger partial charge is 0.334 e. The van der Waals surface area contributed by atoms with Crippen LogP contribution in [0.15, 0.2) is 12.2 Å². The SMILES string of the molecule is O=C(NCCC(=O)ON1C(=O)CCC1=O)NCCN1C(=O)C=CC1O. The minimum absolute atomic E-state index is 0.0104. The van der Waals surface area contributed by atoms with Crippen molar-refractivity contribution >= 4 is 29.7 Å². The van der Waals surface area contributed by atoms with Crippen molar-refractivity contribution in [3.8, 4) is 0 Å². The number of hydrogen-bond acceptors (Lipinski definition) is 7. The Bertz CT molecular complexity index is 602. The van der Waals surface area contributed by atoms with Gasteiger partial charge in [-0.3, -0.25) is 14.4 Å². The highest BCUT2D eigenvalue weighted by Crippen LogP contribution is 2.12. The topological polar surface area (TPSA) is 145 Å². The first kappa shape index (κ1) is 18.4. The Hall–Kier alpha value is -2.95. The van der Waals surface area contributed by atoms with Crippen LogP contribution >= 0.6 is 0 Å². The maximum absolute atomic E-state index is 11.5. The van der Waals surface area contributed by atoms with E-state index in [1.807, 2.05) is 0 Å². The summed E-state index contributed by atoms with van der Waals surface area (Å²) >= 11 is 0. The second-order valence-electron chi connectivity index (χ2n) is 5.28. The van der Waals surface area contributed by atoms with Crippen LogP contribution in [-0.4, -0.2) is 70.7 Å². The van der Waals surface area contributed by atoms with Crippen LogP contribution in [0, 0.1) is 0 Å². The van der Waals surface area contributed by atoms with E-state index in [0.717, 1.165) is 0 Å². The van der Waals surface area contributed by atoms with E-state index in [1.165, 1.54) is 17.1 Å². The lowest BCUT2D eigenvalue weighted by molar-refractivity contribution is -0.197. The summed E-state index contributed by atoms with van der Waals surface area (Å²) in [7, 11) is 0. The van der Waals surface area contributed by atoms with Gasteiger partial charge in [0.25, 0.3) is 11.8 Å². The molecule has 25 heavy (non-hydrogen) atoms. The van der Waals surface area contributed by atoms with Gasteiger partial charge < -0.3 is 25.5 Å². The third-order valence-electron chi connectivity index (χ3n) is 3.47. The molecule has 2 aliphatic heterocycles. The lowest BCUT2D eigenvalue weighted by Gasteiger charge is -2.20. The predicted molar refractivity (Wildman–Crippen MR) is 80.1 cm³/mol. The van der Waals surface area contributed by atoms with E-state index in [4.69, 9.17) is 0 Å². The Labute approximate surface area is 142 Å². The van der Waals surface area contributed by atoms with Gasteiger partial charge in [0.1, 0.15) is 6.23 Å². The van der Waals surface area contributed by atoms with Gasteiger partial charge in [-0.2, -0.15) is 0 Å². The van der Waals surface area contributed by atoms with E-state index in [-0.39, 0.29) is 44.8 Å². The summed E-state index contributed by atoms with van der Waals surface area (Å²) in [4.78, 5) is 62.7. The average Bonchev–Trinajstić information content (AvgIpc) is 3.04. The summed E-state index contributed by atoms with van der Waals surface area (Å²) in [6, 6.07) is -0.574. The van der Waals surface area contributed by atoms with Crippen LogP contribution in [0.5, 0.6) is 0 Å². The molecule has 0 bridgehead atoms. The molecule has 0 aromatic heterocycles. The van der Waals surface area contributed by atoms with Gasteiger partial charge in [0.05, 0.1) is 6.42 Å². The Morgan fingerprint density at radius 1 is 1.16 bits per heavy atom. The second kappa shape index (κ2) is 8.24. The molecule has 11 nitrogen and oxygen atoms in total. The van der Waals surface area contributed by atoms with Gasteiger partial charge in [0, 0.05) is 38.6 Å². The molecule has 0 spiro atoms. The van der Waals surface area contributed by atoms with Crippen molar-refractivity contribution in [2.45, 2.75) is 25.5 Å². The molecule has 0 radical (unpaired) electrons. The van der Waals surface area contributed by atoms with Crippen LogP contribution in [0.4, 0.5) is 4.79 Å². The van der Waals surface area contributed by atoms with E-state index in [2.05, 4.69) is 15.5 Å². The van der Waals surface area contributed by atoms with Crippen LogP contribution in [-0.2, 0) is 24.0 Å². The molecule has 1 atom stereocenters. The molecule has 1 unspecified atom stereocenters. The fraction of sp³-hybridized carbons (Fsp3) is 0.500. The number of imide groups is 1. The van der Waals surface area contributed by atoms with Gasteiger partial charge in [-0.25, -0.2) is 9.59 Å². The van der Waals surface area contributed by atoms with E-state index in [1.54, 1.807) is 0 Å². The lowest BCUT2D eigenvalue weighted by atomic mass is 10.4. The second-order valence-corrected chi connectivity index (χ2v) is 5.28. The maximum atomic E-state index is 11.5. The molecule has 136 valence electrons. The highest BCUT2D eigenvalue weighted by molar-refractivity contribution is 6.01. The normalized spacial score (nSPS) is 19.6. The van der Waals surface area contributed by atoms with Crippen molar-refractivity contribution < 1.29 is 33.9 Å². The van der Waals surface area contributed by atoms with Gasteiger partial charge in [-0.1, -0.05) is 0 Å². The molecular weight excluding hydrogens is 336 g/mol. The summed E-state index contributed by atoms with van der Waals surface area (Å²) < 4.78 is 0. The fourth-order valence-corrected chi connectivity index (χ4v) is 2.18. The molecule has 3 N–H and O–H groups in total. The molecule has 0 aromatic rings. The van der Waals surface area contributed by atoms with Crippen molar-refractivity contribution in [1.29, 1.82) is 0 Å². The zero-order valence-electron chi connectivity index (χ0n) is 13.3. The summed E-state index contributed by atoms with van der Waals surface area (Å²) in [5.74, 6) is -2.31. The highest BCUT2D eigenvalue weighted by atomic mass is 16.7. The molecular formula is C14H18N4O7. The third-order valence-corrected chi connectivity index (χ3v) is 3.47. The number of hydrogen-bond donors (Lipinski definition) is 3. The van der Waals surface area contributed by atoms with E-state index >= 15 is 0 Å². The minimum atomic E-state index is -0.997. The van der Waals surface area contributed by atoms with Gasteiger partial charge in [-0.15, -0.1) is 5.06 Å². The molecule has 2 rings (SSSR count). The van der Waals surface area contributed by atoms with E-state index in [0.29, 0.717) is 5.06 Å². The Morgan fingerprint density at radius 3 is 2.40 bits per heavy atom. The summed E-state index contributed by atoms with van der Waals surface area (Å²) in [5, 5.41) is 14.8. The molecule has 1 saturated heterocycles. The van der Waals surface area contributed by atoms with Crippen LogP contribution in [0.25, 0.3) is 0 Å². The molecule has 2 aliphatic rings. The number of aliphatic hydroxyl groups excluding tert-OH is 1. The maximum Gasteiger partial charge on any atom is 0.334 e. The van der Waals surface area contributed by atoms with Crippen LogP contribution < -0.4 is 10.6 Å². The van der Waals surface area contributed by atoms with Crippen molar-refractivity contribution in [2.75, 3.05) is 19.6 Å². The number of carbonyl (C=O) groups is 5. The summed E-state index contributed by atoms with van der Waals surface area (Å²) in [5.41, 5.74) is 0. The number of amides is 5. The van der Waals surface area contributed by atoms with Crippen LogP contribution in [0.1, 0.15) is 19.3 Å². The van der Waals surface area contributed by atoms with Crippen molar-refractivity contribution in [1.82, 2.24) is 20.6 Å². The molecule has 5 amide bonds. The van der Waals surface area contributed by atoms with Gasteiger partial charge in [0.15, 0.2) is 0 Å². The molecule has 1 fully saturated rings. The van der Waals surface area contributed by atoms with Crippen molar-refractivity contribution in [2.24, 2.45) is 0 Å². The Balaban J connectivity index is 1.57. The molecule has 2 heterocycles. The minimum Gasteiger partial charge on any atom is -0.370 e. The zero-order chi connectivity index (χ0) is 18.4. The summed E-state index contributed by atoms with van der Waals surface area (Å²) in [6.07, 6.45) is 1.38. The molecule has 11 heteroatoms. The fourth-order valence-electron chi connectivity index (χ4n) is 2.18. The highest BCUT2D eigenvalue weighted by Gasteiger charge is 2.32. The number of rotatable bonds is 7. The predicted octanol–water partition coefficient (Wildman–Crippen LogP) is -2.00. The lowest BCUT2D eigenvalue weighted by Crippen LogP contribution is -2.43. The van der Waals surface area contributed by atoms with Gasteiger partial charge in [0.2, 0.25) is 5.91 Å². The van der Waals surface area contributed by atoms with Gasteiger partial charge in [-0.05, 0) is 6.08 Å². The average molecular weight is 354 g/mol. The largest absolute Gasteiger partial charge is 0.370 e. The standard InChI is InChI=1S/C14H18N4O7/c19-9-1-2-10(20)17(9)8-7-16-14(24)15-6-5-13(23)25-18-11(21)3-4-12(18)22/h1-2,9,19H,3-8H2,(H2,15,16,24). The quantitative estimate of drug-likeness (QED) is 0.448. The third kappa shape index (κ3) is 5.01. The number of carbonyl (C=O) groups excluding carboxylic acids is 5. The zero-order valence-corrected chi connectivity index (χ0v) is 13.3. The summed E-state index contributed by atoms with van der Waals surface area (Å²) in [6.45, 7) is 0.174. The number of aliphatic hydroxyl groups is 1. The van der Waals surface area contributed by atoms with Crippen LogP contribution in [0.3, 0.4) is 0 Å². The molecule has 0 aliphatic carbocycles. The van der Waals surface area contributed by atoms with E-state index < -0.39 is 30.0 Å². The van der Waals surface area contributed by atoms with E-state index in [9.17, 15) is 29.1 Å². The first-order chi connectivity index (χ1) is 11.9. The van der Waals surface area contributed by atoms with Crippen molar-refractivity contribution in [3.63, 3.8) is 0 Å². The Kier molecular flexibility index (Phi) is 6.06. The number of hydroxylamine groups is 2. The van der Waals surface area contributed by atoms with Crippen LogP contribution in [0.2, 0.25) is 0 Å².